The van der Waals surface area contributed by atoms with Gasteiger partial charge in [-0.3, -0.25) is 9.69 Å². The van der Waals surface area contributed by atoms with E-state index in [4.69, 9.17) is 0 Å². The van der Waals surface area contributed by atoms with Crippen LogP contribution in [0.15, 0.2) is 41.4 Å². The highest BCUT2D eigenvalue weighted by molar-refractivity contribution is 7.92. The number of alkyl halides is 6. The molecule has 0 saturated carbocycles. The molecule has 1 atom stereocenters. The predicted molar refractivity (Wildman–Crippen MR) is 109 cm³/mol. The average Bonchev–Trinajstić information content (AvgIpc) is 2.72. The first-order valence-electron chi connectivity index (χ1n) is 10.1. The Hall–Kier alpha value is -2.90. The molecule has 0 radical (unpaired) electrons. The van der Waals surface area contributed by atoms with Crippen molar-refractivity contribution < 1.29 is 48.7 Å². The van der Waals surface area contributed by atoms with Crippen LogP contribution >= 0.6 is 0 Å². The van der Waals surface area contributed by atoms with E-state index in [1.807, 2.05) is 0 Å². The third-order valence-corrected chi connectivity index (χ3v) is 8.45. The zero-order chi connectivity index (χ0) is 26.4. The van der Waals surface area contributed by atoms with Gasteiger partial charge in [-0.25, -0.2) is 17.8 Å². The van der Waals surface area contributed by atoms with Crippen molar-refractivity contribution in [2.24, 2.45) is 5.92 Å². The molecule has 6 nitrogen and oxygen atoms in total. The molecule has 0 spiro atoms. The number of hydrogen-bond acceptors (Lipinski definition) is 5. The van der Waals surface area contributed by atoms with Gasteiger partial charge in [-0.15, -0.1) is 13.2 Å². The van der Waals surface area contributed by atoms with Crippen LogP contribution in [0, 0.1) is 11.7 Å². The molecule has 0 aliphatic carbocycles. The Morgan fingerprint density at radius 1 is 1.09 bits per heavy atom. The summed E-state index contributed by atoms with van der Waals surface area (Å²) in [6, 6.07) is 4.05. The second-order valence-corrected chi connectivity index (χ2v) is 10.9. The van der Waals surface area contributed by atoms with Gasteiger partial charge in [0.25, 0.3) is 0 Å². The molecule has 2 aromatic rings. The number of anilines is 1. The van der Waals surface area contributed by atoms with Gasteiger partial charge >= 0.3 is 12.5 Å². The summed E-state index contributed by atoms with van der Waals surface area (Å²) in [7, 11) is -4.28. The number of carbonyl (C=O) groups excluding carboxylic acids is 1. The number of ether oxygens (including phenoxy) is 1. The summed E-state index contributed by atoms with van der Waals surface area (Å²) in [5.41, 5.74) is -1.33. The number of hydrogen-bond donors (Lipinski definition) is 0. The van der Waals surface area contributed by atoms with E-state index in [9.17, 15) is 43.9 Å². The summed E-state index contributed by atoms with van der Waals surface area (Å²) in [5, 5.41) is 0. The van der Waals surface area contributed by atoms with Gasteiger partial charge in [-0.05, 0) is 50.5 Å². The molecular formula is C21H19F7N2O4S. The lowest BCUT2D eigenvalue weighted by molar-refractivity contribution is -0.274. The Morgan fingerprint density at radius 3 is 2.29 bits per heavy atom. The third-order valence-electron chi connectivity index (χ3n) is 5.85. The lowest BCUT2D eigenvalue weighted by atomic mass is 9.85. The Labute approximate surface area is 195 Å². The van der Waals surface area contributed by atoms with Crippen molar-refractivity contribution >= 4 is 21.6 Å². The predicted octanol–water partition coefficient (Wildman–Crippen LogP) is 5.13. The van der Waals surface area contributed by atoms with Gasteiger partial charge in [-0.1, -0.05) is 6.07 Å². The maximum Gasteiger partial charge on any atom is 0.573 e. The second-order valence-electron chi connectivity index (χ2n) is 8.39. The fourth-order valence-corrected chi connectivity index (χ4v) is 5.57. The lowest BCUT2D eigenvalue weighted by Crippen LogP contribution is -2.49. The maximum atomic E-state index is 14.3. The molecule has 0 bridgehead atoms. The molecule has 1 amide bonds. The van der Waals surface area contributed by atoms with Gasteiger partial charge in [0.15, 0.2) is 21.5 Å². The molecule has 2 heterocycles. The van der Waals surface area contributed by atoms with Crippen LogP contribution in [0.2, 0.25) is 0 Å². The normalized spacial score (nSPS) is 18.0. The maximum absolute atomic E-state index is 14.3. The molecule has 3 rings (SSSR count). The van der Waals surface area contributed by atoms with E-state index in [1.165, 1.54) is 13.8 Å². The van der Waals surface area contributed by atoms with E-state index >= 15 is 0 Å². The minimum Gasteiger partial charge on any atom is -0.406 e. The molecule has 192 valence electrons. The number of benzene rings is 1. The smallest absolute Gasteiger partial charge is 0.406 e. The molecule has 1 aromatic carbocycles. The number of halogens is 7. The van der Waals surface area contributed by atoms with Crippen LogP contribution in [0.1, 0.15) is 32.3 Å². The highest BCUT2D eigenvalue weighted by atomic mass is 32.2. The van der Waals surface area contributed by atoms with Gasteiger partial charge in [0, 0.05) is 19.2 Å². The van der Waals surface area contributed by atoms with E-state index < -0.39 is 73.2 Å². The van der Waals surface area contributed by atoms with E-state index in [-0.39, 0.29) is 19.0 Å². The Balaban J connectivity index is 1.82. The monoisotopic (exact) mass is 528 g/mol. The van der Waals surface area contributed by atoms with Gasteiger partial charge in [-0.2, -0.15) is 13.2 Å². The topological polar surface area (TPSA) is 76.6 Å². The van der Waals surface area contributed by atoms with Crippen molar-refractivity contribution in [2.75, 3.05) is 11.4 Å². The number of carbonyl (C=O) groups is 1. The van der Waals surface area contributed by atoms with E-state index in [2.05, 4.69) is 9.72 Å². The van der Waals surface area contributed by atoms with Crippen LogP contribution in [0.5, 0.6) is 5.75 Å². The first kappa shape index (κ1) is 26.7. The first-order valence-corrected chi connectivity index (χ1v) is 11.6. The molecule has 35 heavy (non-hydrogen) atoms. The third kappa shape index (κ3) is 5.52. The van der Waals surface area contributed by atoms with Crippen LogP contribution in [-0.2, 0) is 20.8 Å². The van der Waals surface area contributed by atoms with Crippen molar-refractivity contribution in [1.29, 1.82) is 0 Å². The zero-order valence-corrected chi connectivity index (χ0v) is 19.1. The lowest BCUT2D eigenvalue weighted by Gasteiger charge is -2.39. The number of aromatic nitrogens is 1. The quantitative estimate of drug-likeness (QED) is 0.503. The Kier molecular flexibility index (Phi) is 6.83. The molecule has 1 fully saturated rings. The van der Waals surface area contributed by atoms with Crippen LogP contribution in [0.3, 0.4) is 0 Å². The average molecular weight is 528 g/mol. The molecule has 0 unspecified atom stereocenters. The molecule has 1 aromatic heterocycles. The summed E-state index contributed by atoms with van der Waals surface area (Å²) in [5.74, 6) is -4.30. The summed E-state index contributed by atoms with van der Waals surface area (Å²) in [4.78, 5) is 16.5. The van der Waals surface area contributed by atoms with Crippen LogP contribution < -0.4 is 9.64 Å². The van der Waals surface area contributed by atoms with Crippen molar-refractivity contribution in [3.8, 4) is 5.75 Å². The summed E-state index contributed by atoms with van der Waals surface area (Å²) >= 11 is 0. The highest BCUT2D eigenvalue weighted by Crippen LogP contribution is 2.40. The number of pyridine rings is 1. The SMILES string of the molecule is CC(C)([C@@H]1CCN(c2ncc(C(F)(F)F)cc2F)C(=O)C1)S(=O)(=O)c1cccc(OC(F)(F)F)c1. The molecule has 0 N–H and O–H groups in total. The zero-order valence-electron chi connectivity index (χ0n) is 18.2. The van der Waals surface area contributed by atoms with Crippen molar-refractivity contribution in [3.63, 3.8) is 0 Å². The number of amides is 1. The van der Waals surface area contributed by atoms with Crippen molar-refractivity contribution in [1.82, 2.24) is 4.98 Å². The number of nitrogens with zero attached hydrogens (tertiary/aromatic N) is 2. The van der Waals surface area contributed by atoms with E-state index in [0.717, 1.165) is 29.2 Å². The molecule has 1 aliphatic rings. The fourth-order valence-electron chi connectivity index (χ4n) is 3.80. The standard InChI is InChI=1S/C21H19F7N2O4S/c1-19(2,35(32,33)15-5-3-4-14(10-15)34-21(26,27)28)12-6-7-30(17(31)9-12)18-16(22)8-13(11-29-18)20(23,24)25/h3-5,8,10-12H,6-7,9H2,1-2H3/t12-/m1/s1. The van der Waals surface area contributed by atoms with Gasteiger partial charge in [0.2, 0.25) is 5.91 Å². The Bertz CT molecular complexity index is 1230. The van der Waals surface area contributed by atoms with Crippen LogP contribution in [0.25, 0.3) is 0 Å². The minimum absolute atomic E-state index is 0.0128. The van der Waals surface area contributed by atoms with E-state index in [1.54, 1.807) is 0 Å². The number of piperidine rings is 1. The molecule has 1 saturated heterocycles. The number of rotatable bonds is 5. The van der Waals surface area contributed by atoms with Crippen molar-refractivity contribution in [3.05, 3.63) is 47.9 Å². The van der Waals surface area contributed by atoms with Crippen molar-refractivity contribution in [2.45, 2.75) is 48.9 Å². The first-order chi connectivity index (χ1) is 15.9. The summed E-state index contributed by atoms with van der Waals surface area (Å²) in [6.07, 6.45) is -9.86. The number of sulfone groups is 1. The summed E-state index contributed by atoms with van der Waals surface area (Å²) in [6.45, 7) is 2.39. The fraction of sp³-hybridized carbons (Fsp3) is 0.429. The van der Waals surface area contributed by atoms with Crippen LogP contribution in [-0.4, -0.2) is 37.0 Å². The Morgan fingerprint density at radius 2 is 1.74 bits per heavy atom. The van der Waals surface area contributed by atoms with Gasteiger partial charge < -0.3 is 4.74 Å². The molecular weight excluding hydrogens is 509 g/mol. The van der Waals surface area contributed by atoms with Crippen LogP contribution in [0.4, 0.5) is 36.6 Å². The largest absolute Gasteiger partial charge is 0.573 e. The summed E-state index contributed by atoms with van der Waals surface area (Å²) < 4.78 is 119. The van der Waals surface area contributed by atoms with Gasteiger partial charge in [0.05, 0.1) is 15.2 Å². The van der Waals surface area contributed by atoms with Gasteiger partial charge in [0.1, 0.15) is 5.75 Å². The second kappa shape index (κ2) is 8.95. The highest BCUT2D eigenvalue weighted by Gasteiger charge is 2.46. The minimum atomic E-state index is -5.03. The molecule has 1 aliphatic heterocycles. The van der Waals surface area contributed by atoms with E-state index in [0.29, 0.717) is 6.20 Å². The molecule has 14 heteroatoms.